The molecule has 0 unspecified atom stereocenters. The first-order valence-electron chi connectivity index (χ1n) is 10.5. The van der Waals surface area contributed by atoms with Crippen LogP contribution in [0.5, 0.6) is 0 Å². The van der Waals surface area contributed by atoms with E-state index in [0.717, 1.165) is 48.1 Å². The molecule has 0 atom stereocenters. The molecule has 0 saturated carbocycles. The summed E-state index contributed by atoms with van der Waals surface area (Å²) < 4.78 is 0. The number of hydrogen-bond donors (Lipinski definition) is 2. The quantitative estimate of drug-likeness (QED) is 0.598. The summed E-state index contributed by atoms with van der Waals surface area (Å²) in [6, 6.07) is 12.6. The van der Waals surface area contributed by atoms with Gasteiger partial charge in [0.1, 0.15) is 0 Å². The molecule has 4 heteroatoms. The van der Waals surface area contributed by atoms with Crippen molar-refractivity contribution in [2.75, 3.05) is 18.8 Å². The topological polar surface area (TPSA) is 52.2 Å². The molecule has 0 aliphatic carbocycles. The Morgan fingerprint density at radius 3 is 2.18 bits per heavy atom. The van der Waals surface area contributed by atoms with E-state index >= 15 is 0 Å². The molecule has 3 N–H and O–H groups in total. The minimum atomic E-state index is 0. The van der Waals surface area contributed by atoms with E-state index in [9.17, 15) is 0 Å². The second kappa shape index (κ2) is 15.5. The van der Waals surface area contributed by atoms with Crippen molar-refractivity contribution in [3.8, 4) is 0 Å². The van der Waals surface area contributed by atoms with Gasteiger partial charge in [-0.1, -0.05) is 68.7 Å². The van der Waals surface area contributed by atoms with E-state index in [4.69, 9.17) is 11.1 Å². The summed E-state index contributed by atoms with van der Waals surface area (Å²) in [5.74, 6) is 0.764. The van der Waals surface area contributed by atoms with Gasteiger partial charge < -0.3 is 16.4 Å². The van der Waals surface area contributed by atoms with Gasteiger partial charge in [0.25, 0.3) is 0 Å². The summed E-state index contributed by atoms with van der Waals surface area (Å²) in [5.41, 5.74) is 12.5. The second-order valence-corrected chi connectivity index (χ2v) is 6.69. The molecule has 28 heavy (non-hydrogen) atoms. The van der Waals surface area contributed by atoms with Crippen molar-refractivity contribution in [2.24, 2.45) is 5.92 Å². The largest absolute Gasteiger partial charge is 1.00 e. The van der Waals surface area contributed by atoms with Crippen LogP contribution in [0.1, 0.15) is 57.2 Å². The Morgan fingerprint density at radius 1 is 0.929 bits per heavy atom. The molecule has 3 rings (SSSR count). The Morgan fingerprint density at radius 2 is 1.57 bits per heavy atom. The van der Waals surface area contributed by atoms with Crippen molar-refractivity contribution < 1.29 is 51.4 Å². The monoisotopic (exact) mass is 407 g/mol. The standard InChI is InChI=1S/C20H26N3.2C2H6.K/c1-14-3-4-17(13-16-7-9-22-10-8-16)20(11-14)23-19-6-5-18(21)12-15(19)2;2*1-2;/h3-6,11-12,16,22H,7-10,13,21H2,1-2H3;2*1-2H3;/q-1;;;+1. The first-order valence-corrected chi connectivity index (χ1v) is 10.5. The Bertz CT molecular complexity index is 680. The van der Waals surface area contributed by atoms with E-state index < -0.39 is 0 Å². The number of nitrogen functional groups attached to an aromatic ring is 1. The van der Waals surface area contributed by atoms with Crippen LogP contribution in [0.3, 0.4) is 0 Å². The van der Waals surface area contributed by atoms with Crippen molar-refractivity contribution in [3.63, 3.8) is 0 Å². The van der Waals surface area contributed by atoms with Crippen molar-refractivity contribution in [1.82, 2.24) is 5.32 Å². The van der Waals surface area contributed by atoms with Crippen LogP contribution in [-0.2, 0) is 6.42 Å². The van der Waals surface area contributed by atoms with Gasteiger partial charge in [-0.25, -0.2) is 0 Å². The summed E-state index contributed by atoms with van der Waals surface area (Å²) in [6.07, 6.45) is 3.64. The Kier molecular flexibility index (Phi) is 15.3. The first kappa shape index (κ1) is 27.6. The van der Waals surface area contributed by atoms with Crippen LogP contribution >= 0.6 is 0 Å². The molecule has 0 radical (unpaired) electrons. The van der Waals surface area contributed by atoms with Crippen molar-refractivity contribution in [1.29, 1.82) is 0 Å². The summed E-state index contributed by atoms with van der Waals surface area (Å²) in [6.45, 7) is 14.5. The molecule has 0 spiro atoms. The predicted molar refractivity (Wildman–Crippen MR) is 121 cm³/mol. The van der Waals surface area contributed by atoms with E-state index in [1.807, 2.05) is 45.9 Å². The summed E-state index contributed by atoms with van der Waals surface area (Å²) in [4.78, 5) is 0. The van der Waals surface area contributed by atoms with Gasteiger partial charge in [0.2, 0.25) is 0 Å². The molecule has 1 heterocycles. The maximum absolute atomic E-state index is 5.85. The number of piperidine rings is 1. The number of rotatable bonds is 4. The molecule has 2 aromatic rings. The molecule has 0 aromatic heterocycles. The molecule has 3 nitrogen and oxygen atoms in total. The van der Waals surface area contributed by atoms with Crippen LogP contribution in [0.4, 0.5) is 17.1 Å². The van der Waals surface area contributed by atoms with Gasteiger partial charge in [-0.05, 0) is 64.3 Å². The smallest absolute Gasteiger partial charge is 0.657 e. The Hall–Kier alpha value is -0.364. The van der Waals surface area contributed by atoms with E-state index in [-0.39, 0.29) is 51.4 Å². The van der Waals surface area contributed by atoms with Crippen LogP contribution in [0, 0.1) is 19.8 Å². The number of nitrogens with one attached hydrogen (secondary N) is 1. The molecule has 1 aliphatic rings. The zero-order chi connectivity index (χ0) is 20.2. The van der Waals surface area contributed by atoms with Crippen LogP contribution in [0.25, 0.3) is 5.32 Å². The van der Waals surface area contributed by atoms with Gasteiger partial charge >= 0.3 is 51.4 Å². The fourth-order valence-corrected chi connectivity index (χ4v) is 3.28. The maximum atomic E-state index is 5.85. The van der Waals surface area contributed by atoms with Gasteiger partial charge in [0.05, 0.1) is 0 Å². The molecule has 150 valence electrons. The van der Waals surface area contributed by atoms with Gasteiger partial charge in [0, 0.05) is 5.69 Å². The average Bonchev–Trinajstić information content (AvgIpc) is 2.70. The molecule has 1 saturated heterocycles. The number of nitrogens with two attached hydrogens (primary N) is 1. The van der Waals surface area contributed by atoms with Gasteiger partial charge in [-0.15, -0.1) is 11.4 Å². The van der Waals surface area contributed by atoms with E-state index in [2.05, 4.69) is 37.4 Å². The number of aryl methyl sites for hydroxylation is 2. The second-order valence-electron chi connectivity index (χ2n) is 6.69. The number of nitrogens with zero attached hydrogens (tertiary/aromatic N) is 1. The average molecular weight is 408 g/mol. The zero-order valence-corrected chi connectivity index (χ0v) is 22.2. The molecule has 1 aliphatic heterocycles. The van der Waals surface area contributed by atoms with E-state index in [1.165, 1.54) is 24.0 Å². The third-order valence-electron chi connectivity index (χ3n) is 4.67. The molecular formula is C24H38KN3. The van der Waals surface area contributed by atoms with Crippen LogP contribution in [0.2, 0.25) is 0 Å². The molecule has 0 amide bonds. The molecule has 2 aromatic carbocycles. The van der Waals surface area contributed by atoms with Crippen molar-refractivity contribution in [2.45, 2.75) is 60.8 Å². The number of anilines is 1. The third-order valence-corrected chi connectivity index (χ3v) is 4.67. The van der Waals surface area contributed by atoms with Crippen molar-refractivity contribution in [3.05, 3.63) is 58.4 Å². The van der Waals surface area contributed by atoms with Crippen molar-refractivity contribution >= 4 is 17.1 Å². The van der Waals surface area contributed by atoms with Gasteiger partial charge in [-0.2, -0.15) is 0 Å². The maximum Gasteiger partial charge on any atom is 1.00 e. The number of benzene rings is 2. The fraction of sp³-hybridized carbons (Fsp3) is 0.500. The van der Waals surface area contributed by atoms with Gasteiger partial charge in [-0.3, -0.25) is 0 Å². The molecule has 1 fully saturated rings. The van der Waals surface area contributed by atoms with Crippen LogP contribution < -0.4 is 62.4 Å². The van der Waals surface area contributed by atoms with Crippen LogP contribution in [-0.4, -0.2) is 13.1 Å². The Balaban J connectivity index is 0.00000137. The van der Waals surface area contributed by atoms with Crippen LogP contribution in [0.15, 0.2) is 36.4 Å². The fourth-order valence-electron chi connectivity index (χ4n) is 3.28. The first-order chi connectivity index (χ1) is 13.1. The zero-order valence-electron chi connectivity index (χ0n) is 19.1. The molecule has 0 bridgehead atoms. The Labute approximate surface area is 215 Å². The third kappa shape index (κ3) is 8.98. The van der Waals surface area contributed by atoms with E-state index in [1.54, 1.807) is 0 Å². The molecular weight excluding hydrogens is 369 g/mol. The summed E-state index contributed by atoms with van der Waals surface area (Å²) in [7, 11) is 0. The minimum Gasteiger partial charge on any atom is -0.657 e. The summed E-state index contributed by atoms with van der Waals surface area (Å²) >= 11 is 0. The van der Waals surface area contributed by atoms with E-state index in [0.29, 0.717) is 0 Å². The SMILES string of the molecule is CC.CC.Cc1ccc(CC2CCNCC2)c([N-]c2ccc(N)cc2C)c1.[K+]. The predicted octanol–water partition coefficient (Wildman–Crippen LogP) is 3.82. The number of hydrogen-bond acceptors (Lipinski definition) is 2. The van der Waals surface area contributed by atoms with Gasteiger partial charge in [0.15, 0.2) is 0 Å². The summed E-state index contributed by atoms with van der Waals surface area (Å²) in [5, 5.41) is 8.38. The minimum absolute atomic E-state index is 0. The normalized spacial score (nSPS) is 13.2.